The van der Waals surface area contributed by atoms with Crippen molar-refractivity contribution in [3.05, 3.63) is 60.6 Å². The first-order chi connectivity index (χ1) is 11.3. The van der Waals surface area contributed by atoms with Gasteiger partial charge in [-0.2, -0.15) is 5.10 Å². The molecule has 2 heterocycles. The summed E-state index contributed by atoms with van der Waals surface area (Å²) in [6.07, 6.45) is 6.37. The van der Waals surface area contributed by atoms with Crippen molar-refractivity contribution in [3.63, 3.8) is 0 Å². The number of para-hydroxylation sites is 1. The summed E-state index contributed by atoms with van der Waals surface area (Å²) in [6.45, 7) is 0.953. The molecular formula is C17H18N4O2. The lowest BCUT2D eigenvalue weighted by Crippen LogP contribution is -2.23. The van der Waals surface area contributed by atoms with E-state index in [0.717, 1.165) is 17.0 Å². The van der Waals surface area contributed by atoms with Crippen LogP contribution >= 0.6 is 0 Å². The molecule has 0 radical (unpaired) electrons. The molecule has 0 atom stereocenters. The molecule has 6 heteroatoms. The van der Waals surface area contributed by atoms with Crippen molar-refractivity contribution in [3.8, 4) is 5.75 Å². The molecule has 0 spiro atoms. The zero-order chi connectivity index (χ0) is 15.9. The molecule has 1 N–H and O–H groups in total. The summed E-state index contributed by atoms with van der Waals surface area (Å²) in [7, 11) is 0. The third kappa shape index (κ3) is 4.06. The van der Waals surface area contributed by atoms with Crippen LogP contribution in [0.2, 0.25) is 0 Å². The molecular weight excluding hydrogens is 292 g/mol. The minimum Gasteiger partial charge on any atom is -0.494 e. The lowest BCUT2D eigenvalue weighted by molar-refractivity contribution is -0.121. The molecule has 0 fully saturated rings. The number of ether oxygens (including phenoxy) is 1. The van der Waals surface area contributed by atoms with E-state index in [9.17, 15) is 4.79 Å². The third-order valence-corrected chi connectivity index (χ3v) is 3.39. The SMILES string of the molecule is O=C(CCCOc1ccccc1)NCc1cnn2cccnc12. The number of rotatable bonds is 7. The Hall–Kier alpha value is -2.89. The van der Waals surface area contributed by atoms with Gasteiger partial charge in [-0.25, -0.2) is 9.50 Å². The molecule has 0 aliphatic rings. The van der Waals surface area contributed by atoms with Gasteiger partial charge >= 0.3 is 0 Å². The highest BCUT2D eigenvalue weighted by Crippen LogP contribution is 2.09. The van der Waals surface area contributed by atoms with E-state index in [2.05, 4.69) is 15.4 Å². The van der Waals surface area contributed by atoms with Gasteiger partial charge in [0.25, 0.3) is 0 Å². The van der Waals surface area contributed by atoms with Gasteiger partial charge in [-0.1, -0.05) is 18.2 Å². The van der Waals surface area contributed by atoms with Crippen molar-refractivity contribution < 1.29 is 9.53 Å². The molecule has 2 aromatic heterocycles. The number of carbonyl (C=O) groups is 1. The van der Waals surface area contributed by atoms with Crippen molar-refractivity contribution >= 4 is 11.6 Å². The molecule has 6 nitrogen and oxygen atoms in total. The number of nitrogens with one attached hydrogen (secondary N) is 1. The second kappa shape index (κ2) is 7.40. The summed E-state index contributed by atoms with van der Waals surface area (Å²) in [5.41, 5.74) is 1.67. The van der Waals surface area contributed by atoms with Gasteiger partial charge < -0.3 is 10.1 Å². The molecule has 0 saturated heterocycles. The van der Waals surface area contributed by atoms with Gasteiger partial charge in [0, 0.05) is 30.9 Å². The minimum atomic E-state index is -0.00283. The number of nitrogens with zero attached hydrogens (tertiary/aromatic N) is 3. The van der Waals surface area contributed by atoms with Crippen molar-refractivity contribution in [1.82, 2.24) is 19.9 Å². The summed E-state index contributed by atoms with van der Waals surface area (Å²) in [6, 6.07) is 11.4. The van der Waals surface area contributed by atoms with Crippen LogP contribution < -0.4 is 10.1 Å². The first-order valence-corrected chi connectivity index (χ1v) is 7.55. The number of aromatic nitrogens is 3. The summed E-state index contributed by atoms with van der Waals surface area (Å²) in [4.78, 5) is 16.1. The summed E-state index contributed by atoms with van der Waals surface area (Å²) in [5, 5.41) is 7.08. The fourth-order valence-electron chi connectivity index (χ4n) is 2.22. The van der Waals surface area contributed by atoms with E-state index >= 15 is 0 Å². The van der Waals surface area contributed by atoms with Gasteiger partial charge in [-0.05, 0) is 24.6 Å². The zero-order valence-corrected chi connectivity index (χ0v) is 12.7. The van der Waals surface area contributed by atoms with E-state index in [0.29, 0.717) is 26.0 Å². The molecule has 0 unspecified atom stereocenters. The molecule has 0 aliphatic carbocycles. The number of benzene rings is 1. The number of carbonyl (C=O) groups excluding carboxylic acids is 1. The Morgan fingerprint density at radius 2 is 2.09 bits per heavy atom. The van der Waals surface area contributed by atoms with E-state index in [1.54, 1.807) is 16.9 Å². The van der Waals surface area contributed by atoms with Gasteiger partial charge in [-0.3, -0.25) is 4.79 Å². The first-order valence-electron chi connectivity index (χ1n) is 7.55. The van der Waals surface area contributed by atoms with Crippen LogP contribution in [0.3, 0.4) is 0 Å². The molecule has 23 heavy (non-hydrogen) atoms. The Morgan fingerprint density at radius 1 is 1.22 bits per heavy atom. The van der Waals surface area contributed by atoms with Crippen LogP contribution in [0.5, 0.6) is 5.75 Å². The van der Waals surface area contributed by atoms with E-state index < -0.39 is 0 Å². The second-order valence-corrected chi connectivity index (χ2v) is 5.10. The van der Waals surface area contributed by atoms with Crippen molar-refractivity contribution in [2.45, 2.75) is 19.4 Å². The Bertz CT molecular complexity index is 770. The quantitative estimate of drug-likeness (QED) is 0.679. The fourth-order valence-corrected chi connectivity index (χ4v) is 2.22. The largest absolute Gasteiger partial charge is 0.494 e. The van der Waals surface area contributed by atoms with Gasteiger partial charge in [-0.15, -0.1) is 0 Å². The number of fused-ring (bicyclic) bond motifs is 1. The molecule has 0 bridgehead atoms. The Kier molecular flexibility index (Phi) is 4.83. The van der Waals surface area contributed by atoms with Crippen LogP contribution in [0.25, 0.3) is 5.65 Å². The maximum absolute atomic E-state index is 11.9. The summed E-state index contributed by atoms with van der Waals surface area (Å²) in [5.74, 6) is 0.822. The highest BCUT2D eigenvalue weighted by molar-refractivity contribution is 5.76. The molecule has 0 saturated carbocycles. The van der Waals surface area contributed by atoms with Crippen LogP contribution in [0.4, 0.5) is 0 Å². The van der Waals surface area contributed by atoms with E-state index in [-0.39, 0.29) is 5.91 Å². The van der Waals surface area contributed by atoms with Crippen molar-refractivity contribution in [2.75, 3.05) is 6.61 Å². The maximum atomic E-state index is 11.9. The lowest BCUT2D eigenvalue weighted by atomic mass is 10.3. The molecule has 1 aromatic carbocycles. The van der Waals surface area contributed by atoms with Gasteiger partial charge in [0.05, 0.1) is 12.8 Å². The molecule has 3 aromatic rings. The topological polar surface area (TPSA) is 68.5 Å². The highest BCUT2D eigenvalue weighted by atomic mass is 16.5. The van der Waals surface area contributed by atoms with E-state index in [1.165, 1.54) is 0 Å². The minimum absolute atomic E-state index is 0.00283. The lowest BCUT2D eigenvalue weighted by Gasteiger charge is -2.06. The first kappa shape index (κ1) is 15.0. The average Bonchev–Trinajstić information content (AvgIpc) is 3.01. The monoisotopic (exact) mass is 310 g/mol. The second-order valence-electron chi connectivity index (χ2n) is 5.10. The molecule has 3 rings (SSSR count). The Labute approximate surface area is 134 Å². The predicted molar refractivity (Wildman–Crippen MR) is 86.0 cm³/mol. The van der Waals surface area contributed by atoms with E-state index in [1.807, 2.05) is 42.6 Å². The van der Waals surface area contributed by atoms with Crippen molar-refractivity contribution in [1.29, 1.82) is 0 Å². The normalized spacial score (nSPS) is 10.6. The van der Waals surface area contributed by atoms with E-state index in [4.69, 9.17) is 4.74 Å². The number of hydrogen-bond acceptors (Lipinski definition) is 4. The van der Waals surface area contributed by atoms with Crippen LogP contribution in [0.1, 0.15) is 18.4 Å². The van der Waals surface area contributed by atoms with Gasteiger partial charge in [0.1, 0.15) is 5.75 Å². The van der Waals surface area contributed by atoms with Gasteiger partial charge in [0.15, 0.2) is 5.65 Å². The molecule has 1 amide bonds. The summed E-state index contributed by atoms with van der Waals surface area (Å²) < 4.78 is 7.25. The van der Waals surface area contributed by atoms with Crippen LogP contribution in [-0.4, -0.2) is 27.1 Å². The van der Waals surface area contributed by atoms with Gasteiger partial charge in [0.2, 0.25) is 5.91 Å². The molecule has 0 aliphatic heterocycles. The molecule has 118 valence electrons. The van der Waals surface area contributed by atoms with Crippen LogP contribution in [0.15, 0.2) is 55.0 Å². The summed E-state index contributed by atoms with van der Waals surface area (Å²) >= 11 is 0. The zero-order valence-electron chi connectivity index (χ0n) is 12.7. The third-order valence-electron chi connectivity index (χ3n) is 3.39. The number of hydrogen-bond donors (Lipinski definition) is 1. The number of amides is 1. The average molecular weight is 310 g/mol. The predicted octanol–water partition coefficient (Wildman–Crippen LogP) is 2.20. The van der Waals surface area contributed by atoms with Crippen LogP contribution in [0, 0.1) is 0 Å². The standard InChI is InChI=1S/C17H18N4O2/c22-16(8-4-11-23-15-6-2-1-3-7-15)19-12-14-13-20-21-10-5-9-18-17(14)21/h1-3,5-7,9-10,13H,4,8,11-12H2,(H,19,22). The Morgan fingerprint density at radius 3 is 2.96 bits per heavy atom. The Balaban J connectivity index is 1.40. The highest BCUT2D eigenvalue weighted by Gasteiger charge is 2.07. The maximum Gasteiger partial charge on any atom is 0.220 e. The smallest absolute Gasteiger partial charge is 0.220 e. The van der Waals surface area contributed by atoms with Crippen LogP contribution in [-0.2, 0) is 11.3 Å². The van der Waals surface area contributed by atoms with Crippen molar-refractivity contribution in [2.24, 2.45) is 0 Å². The fraction of sp³-hybridized carbons (Fsp3) is 0.235.